The fourth-order valence-corrected chi connectivity index (χ4v) is 2.21. The molecule has 1 unspecified atom stereocenters. The maximum absolute atomic E-state index is 13.8. The third-order valence-electron chi connectivity index (χ3n) is 3.47. The Labute approximate surface area is 124 Å². The van der Waals surface area contributed by atoms with E-state index in [4.69, 9.17) is 0 Å². The minimum atomic E-state index is -0.214. The van der Waals surface area contributed by atoms with Crippen molar-refractivity contribution in [2.24, 2.45) is 0 Å². The number of aromatic nitrogens is 2. The Bertz CT molecular complexity index is 628. The quantitative estimate of drug-likeness (QED) is 0.880. The Hall–Kier alpha value is -2.17. The molecule has 2 rings (SSSR count). The molecule has 1 atom stereocenters. The maximum Gasteiger partial charge on any atom is 0.135 e. The molecule has 2 aromatic rings. The van der Waals surface area contributed by atoms with Crippen LogP contribution in [-0.2, 0) is 6.42 Å². The number of hydrogen-bond donors (Lipinski definition) is 2. The molecule has 21 heavy (non-hydrogen) atoms. The first-order valence-electron chi connectivity index (χ1n) is 7.13. The predicted octanol–water partition coefficient (Wildman–Crippen LogP) is 3.70. The van der Waals surface area contributed by atoms with Crippen LogP contribution >= 0.6 is 0 Å². The van der Waals surface area contributed by atoms with Gasteiger partial charge in [0.2, 0.25) is 0 Å². The van der Waals surface area contributed by atoms with Gasteiger partial charge in [0.05, 0.1) is 6.04 Å². The molecule has 0 amide bonds. The van der Waals surface area contributed by atoms with Crippen molar-refractivity contribution < 1.29 is 4.39 Å². The van der Waals surface area contributed by atoms with Gasteiger partial charge in [-0.2, -0.15) is 0 Å². The van der Waals surface area contributed by atoms with Crippen LogP contribution in [0.15, 0.2) is 24.3 Å². The Kier molecular flexibility index (Phi) is 4.73. The minimum Gasteiger partial charge on any atom is -0.373 e. The van der Waals surface area contributed by atoms with Gasteiger partial charge in [0.25, 0.3) is 0 Å². The van der Waals surface area contributed by atoms with Crippen molar-refractivity contribution in [1.82, 2.24) is 9.97 Å². The monoisotopic (exact) mass is 288 g/mol. The fraction of sp³-hybridized carbons (Fsp3) is 0.375. The number of nitrogens with one attached hydrogen (secondary N) is 2. The second kappa shape index (κ2) is 6.52. The molecular weight excluding hydrogens is 267 g/mol. The van der Waals surface area contributed by atoms with Crippen molar-refractivity contribution in [2.45, 2.75) is 33.2 Å². The van der Waals surface area contributed by atoms with Crippen molar-refractivity contribution in [1.29, 1.82) is 0 Å². The maximum atomic E-state index is 13.8. The summed E-state index contributed by atoms with van der Waals surface area (Å²) in [6, 6.07) is 6.60. The van der Waals surface area contributed by atoms with Crippen molar-refractivity contribution in [3.63, 3.8) is 0 Å². The summed E-state index contributed by atoms with van der Waals surface area (Å²) in [5, 5.41) is 6.36. The van der Waals surface area contributed by atoms with Gasteiger partial charge in [0, 0.05) is 24.6 Å². The molecule has 0 saturated heterocycles. The van der Waals surface area contributed by atoms with Gasteiger partial charge in [-0.1, -0.05) is 25.1 Å². The van der Waals surface area contributed by atoms with Gasteiger partial charge >= 0.3 is 0 Å². The number of benzene rings is 1. The van der Waals surface area contributed by atoms with Crippen LogP contribution in [0.2, 0.25) is 0 Å². The zero-order valence-corrected chi connectivity index (χ0v) is 12.9. The molecule has 0 aliphatic carbocycles. The average molecular weight is 288 g/mol. The van der Waals surface area contributed by atoms with Gasteiger partial charge in [-0.05, 0) is 19.9 Å². The van der Waals surface area contributed by atoms with Crippen molar-refractivity contribution in [2.75, 3.05) is 17.7 Å². The van der Waals surface area contributed by atoms with Crippen LogP contribution in [0.5, 0.6) is 0 Å². The van der Waals surface area contributed by atoms with Gasteiger partial charge in [-0.15, -0.1) is 0 Å². The molecule has 0 radical (unpaired) electrons. The van der Waals surface area contributed by atoms with E-state index >= 15 is 0 Å². The van der Waals surface area contributed by atoms with Crippen LogP contribution in [0.1, 0.15) is 36.8 Å². The third-order valence-corrected chi connectivity index (χ3v) is 3.47. The lowest BCUT2D eigenvalue weighted by atomic mass is 10.1. The summed E-state index contributed by atoms with van der Waals surface area (Å²) in [7, 11) is 1.83. The first kappa shape index (κ1) is 15.2. The molecular formula is C16H21FN4. The average Bonchev–Trinajstić information content (AvgIpc) is 2.49. The van der Waals surface area contributed by atoms with Crippen molar-refractivity contribution in [3.8, 4) is 0 Å². The molecule has 0 saturated carbocycles. The summed E-state index contributed by atoms with van der Waals surface area (Å²) in [5.74, 6) is 2.08. The largest absolute Gasteiger partial charge is 0.373 e. The van der Waals surface area contributed by atoms with E-state index in [9.17, 15) is 4.39 Å². The van der Waals surface area contributed by atoms with E-state index in [0.717, 1.165) is 29.4 Å². The van der Waals surface area contributed by atoms with E-state index < -0.39 is 0 Å². The molecule has 2 N–H and O–H groups in total. The summed E-state index contributed by atoms with van der Waals surface area (Å²) < 4.78 is 13.8. The molecule has 0 spiro atoms. The molecule has 5 heteroatoms. The number of rotatable bonds is 5. The van der Waals surface area contributed by atoms with Crippen molar-refractivity contribution in [3.05, 3.63) is 47.0 Å². The van der Waals surface area contributed by atoms with Gasteiger partial charge in [-0.25, -0.2) is 14.4 Å². The van der Waals surface area contributed by atoms with Gasteiger partial charge in [0.1, 0.15) is 23.3 Å². The Morgan fingerprint density at radius 2 is 1.86 bits per heavy atom. The van der Waals surface area contributed by atoms with Crippen LogP contribution in [0.4, 0.5) is 16.0 Å². The first-order chi connectivity index (χ1) is 10.1. The smallest absolute Gasteiger partial charge is 0.135 e. The van der Waals surface area contributed by atoms with E-state index in [1.165, 1.54) is 6.07 Å². The van der Waals surface area contributed by atoms with Gasteiger partial charge in [-0.3, -0.25) is 0 Å². The van der Waals surface area contributed by atoms with E-state index in [1.807, 2.05) is 33.9 Å². The van der Waals surface area contributed by atoms with Crippen LogP contribution < -0.4 is 10.6 Å². The van der Waals surface area contributed by atoms with E-state index in [0.29, 0.717) is 5.56 Å². The number of halogens is 1. The number of aryl methyl sites for hydroxylation is 1. The Morgan fingerprint density at radius 3 is 2.48 bits per heavy atom. The van der Waals surface area contributed by atoms with Crippen LogP contribution in [-0.4, -0.2) is 17.0 Å². The topological polar surface area (TPSA) is 49.8 Å². The molecule has 0 bridgehead atoms. The lowest BCUT2D eigenvalue weighted by Gasteiger charge is -2.19. The molecule has 0 fully saturated rings. The standard InChI is InChI=1S/C16H21FN4/c1-5-14-20-15(18-4)10(2)16(21-14)19-11(3)12-8-6-7-9-13(12)17/h6-9,11H,5H2,1-4H3,(H2,18,19,20,21). The summed E-state index contributed by atoms with van der Waals surface area (Å²) in [4.78, 5) is 8.94. The third kappa shape index (κ3) is 3.29. The molecule has 1 heterocycles. The fourth-order valence-electron chi connectivity index (χ4n) is 2.21. The summed E-state index contributed by atoms with van der Waals surface area (Å²) in [5.41, 5.74) is 1.55. The zero-order chi connectivity index (χ0) is 15.4. The second-order valence-corrected chi connectivity index (χ2v) is 4.95. The van der Waals surface area contributed by atoms with Gasteiger partial charge in [0.15, 0.2) is 0 Å². The van der Waals surface area contributed by atoms with E-state index in [-0.39, 0.29) is 11.9 Å². The molecule has 0 aliphatic rings. The SMILES string of the molecule is CCc1nc(NC)c(C)c(NC(C)c2ccccc2F)n1. The van der Waals surface area contributed by atoms with Crippen molar-refractivity contribution >= 4 is 11.6 Å². The highest BCUT2D eigenvalue weighted by molar-refractivity contribution is 5.57. The molecule has 112 valence electrons. The summed E-state index contributed by atoms with van der Waals surface area (Å²) >= 11 is 0. The summed E-state index contributed by atoms with van der Waals surface area (Å²) in [6.07, 6.45) is 0.748. The number of hydrogen-bond acceptors (Lipinski definition) is 4. The van der Waals surface area contributed by atoms with Crippen LogP contribution in [0, 0.1) is 12.7 Å². The Balaban J connectivity index is 2.33. The highest BCUT2D eigenvalue weighted by atomic mass is 19.1. The zero-order valence-electron chi connectivity index (χ0n) is 12.9. The molecule has 0 aliphatic heterocycles. The van der Waals surface area contributed by atoms with Crippen LogP contribution in [0.3, 0.4) is 0 Å². The second-order valence-electron chi connectivity index (χ2n) is 4.95. The molecule has 4 nitrogen and oxygen atoms in total. The number of anilines is 2. The summed E-state index contributed by atoms with van der Waals surface area (Å²) in [6.45, 7) is 5.88. The van der Waals surface area contributed by atoms with Gasteiger partial charge < -0.3 is 10.6 Å². The van der Waals surface area contributed by atoms with E-state index in [2.05, 4.69) is 20.6 Å². The van der Waals surface area contributed by atoms with Crippen LogP contribution in [0.25, 0.3) is 0 Å². The highest BCUT2D eigenvalue weighted by Gasteiger charge is 2.14. The predicted molar refractivity (Wildman–Crippen MR) is 84.1 cm³/mol. The molecule has 1 aromatic heterocycles. The molecule has 1 aromatic carbocycles. The Morgan fingerprint density at radius 1 is 1.19 bits per heavy atom. The normalized spacial score (nSPS) is 12.0. The van der Waals surface area contributed by atoms with E-state index in [1.54, 1.807) is 12.1 Å². The first-order valence-corrected chi connectivity index (χ1v) is 7.13. The minimum absolute atomic E-state index is 0.172. The highest BCUT2D eigenvalue weighted by Crippen LogP contribution is 2.25. The lowest BCUT2D eigenvalue weighted by Crippen LogP contribution is -2.13. The lowest BCUT2D eigenvalue weighted by molar-refractivity contribution is 0.600. The number of nitrogens with zero attached hydrogens (tertiary/aromatic N) is 2.